The van der Waals surface area contributed by atoms with Gasteiger partial charge in [0.25, 0.3) is 5.91 Å². The Morgan fingerprint density at radius 3 is 2.77 bits per heavy atom. The van der Waals surface area contributed by atoms with Crippen LogP contribution in [0.1, 0.15) is 55.6 Å². The van der Waals surface area contributed by atoms with E-state index in [1.54, 1.807) is 42.9 Å². The number of rotatable bonds is 6. The van der Waals surface area contributed by atoms with Gasteiger partial charge in [0.15, 0.2) is 11.5 Å². The zero-order chi connectivity index (χ0) is 24.7. The van der Waals surface area contributed by atoms with E-state index in [9.17, 15) is 19.1 Å². The van der Waals surface area contributed by atoms with Crippen molar-refractivity contribution in [3.8, 4) is 0 Å². The summed E-state index contributed by atoms with van der Waals surface area (Å²) in [5, 5.41) is 20.0. The van der Waals surface area contributed by atoms with Crippen molar-refractivity contribution >= 4 is 28.7 Å². The Morgan fingerprint density at radius 1 is 1.17 bits per heavy atom. The largest absolute Gasteiger partial charge is 0.478 e. The molecule has 0 fully saturated rings. The topological polar surface area (TPSA) is 122 Å². The molecular formula is C25H23FN6O3. The third kappa shape index (κ3) is 4.18. The standard InChI is InChI=1S/C25H23FN6O3/c1-13-9-14(3-7-18(13)26)11-27-24(33)22-20-21(28-12-29-22)23(32(2)31-20)30-19-8-5-15-10-16(25(34)35)4-6-17(15)19/h3-4,6-7,9-10,12,19,30H,5,8,11H2,1-2H3,(H,27,33)(H,34,35). The quantitative estimate of drug-likeness (QED) is 0.391. The highest BCUT2D eigenvalue weighted by molar-refractivity contribution is 6.05. The fourth-order valence-corrected chi connectivity index (χ4v) is 4.48. The molecule has 2 aromatic heterocycles. The minimum Gasteiger partial charge on any atom is -0.478 e. The Morgan fingerprint density at radius 2 is 2.00 bits per heavy atom. The summed E-state index contributed by atoms with van der Waals surface area (Å²) in [6.45, 7) is 1.89. The minimum atomic E-state index is -0.945. The van der Waals surface area contributed by atoms with E-state index in [1.807, 2.05) is 6.07 Å². The van der Waals surface area contributed by atoms with Crippen molar-refractivity contribution < 1.29 is 19.1 Å². The highest BCUT2D eigenvalue weighted by atomic mass is 19.1. The lowest BCUT2D eigenvalue weighted by atomic mass is 10.0. The summed E-state index contributed by atoms with van der Waals surface area (Å²) in [5.74, 6) is -1.00. The highest BCUT2D eigenvalue weighted by Crippen LogP contribution is 2.36. The number of carbonyl (C=O) groups is 2. The Hall–Kier alpha value is -4.34. The molecular weight excluding hydrogens is 451 g/mol. The van der Waals surface area contributed by atoms with E-state index in [4.69, 9.17) is 0 Å². The summed E-state index contributed by atoms with van der Waals surface area (Å²) in [6.07, 6.45) is 2.88. The van der Waals surface area contributed by atoms with Crippen LogP contribution < -0.4 is 10.6 Å². The number of hydrogen-bond acceptors (Lipinski definition) is 6. The van der Waals surface area contributed by atoms with Gasteiger partial charge in [-0.25, -0.2) is 19.2 Å². The van der Waals surface area contributed by atoms with E-state index < -0.39 is 11.9 Å². The van der Waals surface area contributed by atoms with Gasteiger partial charge in [0, 0.05) is 13.6 Å². The number of benzene rings is 2. The van der Waals surface area contributed by atoms with E-state index in [0.717, 1.165) is 29.5 Å². The molecule has 0 saturated carbocycles. The summed E-state index contributed by atoms with van der Waals surface area (Å²) in [4.78, 5) is 32.7. The summed E-state index contributed by atoms with van der Waals surface area (Å²) in [7, 11) is 1.76. The molecule has 0 saturated heterocycles. The highest BCUT2D eigenvalue weighted by Gasteiger charge is 2.26. The van der Waals surface area contributed by atoms with Gasteiger partial charge in [0.1, 0.15) is 23.2 Å². The van der Waals surface area contributed by atoms with Crippen LogP contribution in [0.5, 0.6) is 0 Å². The van der Waals surface area contributed by atoms with Crippen LogP contribution in [0.25, 0.3) is 11.0 Å². The number of carboxylic acid groups (broad SMARTS) is 1. The molecule has 1 aliphatic carbocycles. The van der Waals surface area contributed by atoms with Gasteiger partial charge in [0.05, 0.1) is 11.6 Å². The normalized spacial score (nSPS) is 14.7. The maximum absolute atomic E-state index is 13.5. The maximum Gasteiger partial charge on any atom is 0.335 e. The zero-order valence-corrected chi connectivity index (χ0v) is 19.2. The molecule has 0 aliphatic heterocycles. The van der Waals surface area contributed by atoms with Gasteiger partial charge in [-0.1, -0.05) is 18.2 Å². The number of fused-ring (bicyclic) bond motifs is 2. The molecule has 178 valence electrons. The maximum atomic E-state index is 13.5. The lowest BCUT2D eigenvalue weighted by Gasteiger charge is -2.15. The number of anilines is 1. The molecule has 3 N–H and O–H groups in total. The summed E-state index contributed by atoms with van der Waals surface area (Å²) >= 11 is 0. The molecule has 4 aromatic rings. The fraction of sp³-hybridized carbons (Fsp3) is 0.240. The van der Waals surface area contributed by atoms with Crippen molar-refractivity contribution in [2.45, 2.75) is 32.4 Å². The van der Waals surface area contributed by atoms with Gasteiger partial charge in [-0.2, -0.15) is 5.10 Å². The molecule has 35 heavy (non-hydrogen) atoms. The number of aromatic carboxylic acids is 1. The second-order valence-corrected chi connectivity index (χ2v) is 8.61. The number of halogens is 1. The number of carbonyl (C=O) groups excluding carboxylic acids is 1. The molecule has 1 amide bonds. The van der Waals surface area contributed by atoms with Crippen LogP contribution in [0.3, 0.4) is 0 Å². The number of amides is 1. The minimum absolute atomic E-state index is 0.0413. The van der Waals surface area contributed by atoms with Gasteiger partial charge in [0.2, 0.25) is 0 Å². The molecule has 9 nitrogen and oxygen atoms in total. The van der Waals surface area contributed by atoms with Gasteiger partial charge >= 0.3 is 5.97 Å². The number of carboxylic acids is 1. The molecule has 1 unspecified atom stereocenters. The molecule has 0 radical (unpaired) electrons. The van der Waals surface area contributed by atoms with Crippen molar-refractivity contribution in [1.29, 1.82) is 0 Å². The average Bonchev–Trinajstić information content (AvgIpc) is 3.39. The SMILES string of the molecule is Cc1cc(CNC(=O)c2ncnc3c(NC4CCc5cc(C(=O)O)ccc54)n(C)nc23)ccc1F. The van der Waals surface area contributed by atoms with Gasteiger partial charge in [-0.15, -0.1) is 0 Å². The van der Waals surface area contributed by atoms with Crippen molar-refractivity contribution in [3.05, 3.63) is 82.1 Å². The van der Waals surface area contributed by atoms with Gasteiger partial charge < -0.3 is 15.7 Å². The lowest BCUT2D eigenvalue weighted by molar-refractivity contribution is 0.0696. The third-order valence-electron chi connectivity index (χ3n) is 6.29. The van der Waals surface area contributed by atoms with E-state index in [-0.39, 0.29) is 29.7 Å². The van der Waals surface area contributed by atoms with E-state index in [2.05, 4.69) is 25.7 Å². The van der Waals surface area contributed by atoms with Crippen molar-refractivity contribution in [1.82, 2.24) is 25.1 Å². The van der Waals surface area contributed by atoms with Gasteiger partial charge in [-0.3, -0.25) is 9.48 Å². The first kappa shape index (κ1) is 22.5. The summed E-state index contributed by atoms with van der Waals surface area (Å²) in [6, 6.07) is 9.81. The average molecular weight is 474 g/mol. The Bertz CT molecular complexity index is 1480. The molecule has 0 spiro atoms. The zero-order valence-electron chi connectivity index (χ0n) is 19.2. The summed E-state index contributed by atoms with van der Waals surface area (Å²) in [5.41, 5.74) is 4.62. The molecule has 10 heteroatoms. The molecule has 1 atom stereocenters. The fourth-order valence-electron chi connectivity index (χ4n) is 4.48. The Kier molecular flexibility index (Phi) is 5.64. The van der Waals surface area contributed by atoms with Crippen LogP contribution in [0.4, 0.5) is 10.2 Å². The molecule has 2 heterocycles. The van der Waals surface area contributed by atoms with Crippen LogP contribution in [-0.4, -0.2) is 36.7 Å². The van der Waals surface area contributed by atoms with E-state index >= 15 is 0 Å². The van der Waals surface area contributed by atoms with Crippen LogP contribution in [0, 0.1) is 12.7 Å². The predicted molar refractivity (Wildman–Crippen MR) is 127 cm³/mol. The van der Waals surface area contributed by atoms with E-state index in [1.165, 1.54) is 12.4 Å². The smallest absolute Gasteiger partial charge is 0.335 e. The van der Waals surface area contributed by atoms with Crippen molar-refractivity contribution in [2.75, 3.05) is 5.32 Å². The van der Waals surface area contributed by atoms with Crippen LogP contribution >= 0.6 is 0 Å². The van der Waals surface area contributed by atoms with Gasteiger partial charge in [-0.05, 0) is 60.2 Å². The number of nitrogens with one attached hydrogen (secondary N) is 2. The third-order valence-corrected chi connectivity index (χ3v) is 6.29. The first-order chi connectivity index (χ1) is 16.8. The van der Waals surface area contributed by atoms with Crippen molar-refractivity contribution in [3.63, 3.8) is 0 Å². The van der Waals surface area contributed by atoms with Crippen molar-refractivity contribution in [2.24, 2.45) is 7.05 Å². The van der Waals surface area contributed by atoms with E-state index in [0.29, 0.717) is 22.4 Å². The molecule has 1 aliphatic rings. The Labute approximate surface area is 200 Å². The molecule has 5 rings (SSSR count). The predicted octanol–water partition coefficient (Wildman–Crippen LogP) is 3.54. The summed E-state index contributed by atoms with van der Waals surface area (Å²) < 4.78 is 15.1. The lowest BCUT2D eigenvalue weighted by Crippen LogP contribution is -2.24. The molecule has 0 bridgehead atoms. The number of aryl methyl sites for hydroxylation is 3. The number of nitrogens with zero attached hydrogens (tertiary/aromatic N) is 4. The van der Waals surface area contributed by atoms with Crippen LogP contribution in [0.2, 0.25) is 0 Å². The molecule has 2 aromatic carbocycles. The second kappa shape index (κ2) is 8.79. The second-order valence-electron chi connectivity index (χ2n) is 8.61. The first-order valence-corrected chi connectivity index (χ1v) is 11.2. The first-order valence-electron chi connectivity index (χ1n) is 11.2. The monoisotopic (exact) mass is 474 g/mol. The Balaban J connectivity index is 1.38. The number of aromatic nitrogens is 4. The van der Waals surface area contributed by atoms with Crippen LogP contribution in [-0.2, 0) is 20.0 Å². The van der Waals surface area contributed by atoms with Crippen LogP contribution in [0.15, 0.2) is 42.7 Å². The number of hydrogen-bond donors (Lipinski definition) is 3.